The van der Waals surface area contributed by atoms with Crippen LogP contribution in [-0.2, 0) is 9.53 Å². The van der Waals surface area contributed by atoms with Crippen LogP contribution in [-0.4, -0.2) is 28.8 Å². The lowest BCUT2D eigenvalue weighted by molar-refractivity contribution is -0.144. The molecule has 4 heteroatoms. The number of aliphatic carboxylic acids is 1. The van der Waals surface area contributed by atoms with Crippen LogP contribution in [0.3, 0.4) is 0 Å². The number of rotatable bonds is 1. The van der Waals surface area contributed by atoms with Crippen molar-refractivity contribution >= 4 is 5.97 Å². The summed E-state index contributed by atoms with van der Waals surface area (Å²) in [5.41, 5.74) is 4.55. The molecular formula is C6H9NO3. The Hall–Kier alpha value is -0.610. The van der Waals surface area contributed by atoms with Gasteiger partial charge in [0.05, 0.1) is 12.2 Å². The molecule has 2 atom stereocenters. The van der Waals surface area contributed by atoms with E-state index in [0.29, 0.717) is 12.8 Å². The van der Waals surface area contributed by atoms with Crippen molar-refractivity contribution in [1.82, 2.24) is 0 Å². The van der Waals surface area contributed by atoms with Crippen molar-refractivity contribution in [3.8, 4) is 0 Å². The second-order valence-electron chi connectivity index (χ2n) is 3.08. The van der Waals surface area contributed by atoms with Crippen molar-refractivity contribution in [2.45, 2.75) is 30.6 Å². The summed E-state index contributed by atoms with van der Waals surface area (Å²) in [5, 5.41) is 8.63. The van der Waals surface area contributed by atoms with Crippen LogP contribution in [0.4, 0.5) is 0 Å². The van der Waals surface area contributed by atoms with E-state index >= 15 is 0 Å². The average Bonchev–Trinajstić information content (AvgIpc) is 2.41. The first-order chi connectivity index (χ1) is 4.62. The average molecular weight is 143 g/mol. The molecule has 1 saturated heterocycles. The number of fused-ring (bicyclic) bond motifs is 1. The first-order valence-electron chi connectivity index (χ1n) is 3.29. The fourth-order valence-electron chi connectivity index (χ4n) is 1.51. The van der Waals surface area contributed by atoms with E-state index in [1.807, 2.05) is 0 Å². The zero-order valence-electron chi connectivity index (χ0n) is 5.41. The van der Waals surface area contributed by atoms with E-state index in [4.69, 9.17) is 15.6 Å². The van der Waals surface area contributed by atoms with Gasteiger partial charge in [0.25, 0.3) is 0 Å². The van der Waals surface area contributed by atoms with Crippen molar-refractivity contribution in [1.29, 1.82) is 0 Å². The van der Waals surface area contributed by atoms with E-state index in [-0.39, 0.29) is 12.2 Å². The summed E-state index contributed by atoms with van der Waals surface area (Å²) in [6.07, 6.45) is 1.24. The topological polar surface area (TPSA) is 75.9 Å². The number of ether oxygens (including phenoxy) is 1. The predicted molar refractivity (Wildman–Crippen MR) is 32.4 cm³/mol. The van der Waals surface area contributed by atoms with Gasteiger partial charge in [-0.3, -0.25) is 4.79 Å². The number of epoxide rings is 1. The number of carboxylic acid groups (broad SMARTS) is 1. The quantitative estimate of drug-likeness (QED) is 0.477. The van der Waals surface area contributed by atoms with E-state index < -0.39 is 11.5 Å². The van der Waals surface area contributed by atoms with Gasteiger partial charge in [0.2, 0.25) is 0 Å². The number of carboxylic acids is 1. The van der Waals surface area contributed by atoms with Gasteiger partial charge in [-0.1, -0.05) is 0 Å². The van der Waals surface area contributed by atoms with Crippen molar-refractivity contribution in [3.63, 3.8) is 0 Å². The van der Waals surface area contributed by atoms with Gasteiger partial charge in [0.15, 0.2) is 0 Å². The Balaban J connectivity index is 2.11. The van der Waals surface area contributed by atoms with E-state index in [1.165, 1.54) is 0 Å². The first-order valence-corrected chi connectivity index (χ1v) is 3.29. The molecule has 1 aliphatic carbocycles. The minimum absolute atomic E-state index is 0.140. The Bertz CT molecular complexity index is 181. The van der Waals surface area contributed by atoms with Gasteiger partial charge < -0.3 is 15.6 Å². The van der Waals surface area contributed by atoms with Crippen molar-refractivity contribution in [3.05, 3.63) is 0 Å². The number of hydrogen-bond donors (Lipinski definition) is 2. The van der Waals surface area contributed by atoms with E-state index in [1.54, 1.807) is 0 Å². The van der Waals surface area contributed by atoms with Crippen LogP contribution in [0.15, 0.2) is 0 Å². The fraction of sp³-hybridized carbons (Fsp3) is 0.833. The highest BCUT2D eigenvalue weighted by molar-refractivity contribution is 5.79. The molecule has 0 aromatic carbocycles. The highest BCUT2D eigenvalue weighted by Gasteiger charge is 2.57. The van der Waals surface area contributed by atoms with Crippen molar-refractivity contribution < 1.29 is 14.6 Å². The summed E-state index contributed by atoms with van der Waals surface area (Å²) < 4.78 is 5.06. The fourth-order valence-corrected chi connectivity index (χ4v) is 1.51. The Kier molecular flexibility index (Phi) is 0.928. The van der Waals surface area contributed by atoms with Gasteiger partial charge in [-0.25, -0.2) is 0 Å². The lowest BCUT2D eigenvalue weighted by Crippen LogP contribution is -2.47. The summed E-state index contributed by atoms with van der Waals surface area (Å²) in [6, 6.07) is 0. The Labute approximate surface area is 58.0 Å². The predicted octanol–water partition coefficient (Wildman–Crippen LogP) is -0.670. The molecule has 4 nitrogen and oxygen atoms in total. The van der Waals surface area contributed by atoms with Crippen LogP contribution >= 0.6 is 0 Å². The zero-order valence-corrected chi connectivity index (χ0v) is 5.41. The molecule has 0 amide bonds. The molecule has 56 valence electrons. The van der Waals surface area contributed by atoms with E-state index in [9.17, 15) is 4.79 Å². The smallest absolute Gasteiger partial charge is 0.323 e. The summed E-state index contributed by atoms with van der Waals surface area (Å²) >= 11 is 0. The van der Waals surface area contributed by atoms with Gasteiger partial charge >= 0.3 is 5.97 Å². The molecule has 2 unspecified atom stereocenters. The zero-order chi connectivity index (χ0) is 7.35. The summed E-state index contributed by atoms with van der Waals surface area (Å²) in [4.78, 5) is 10.5. The minimum Gasteiger partial charge on any atom is -0.480 e. The highest BCUT2D eigenvalue weighted by atomic mass is 16.6. The Morgan fingerprint density at radius 2 is 2.10 bits per heavy atom. The van der Waals surface area contributed by atoms with Crippen LogP contribution in [0.25, 0.3) is 0 Å². The largest absolute Gasteiger partial charge is 0.480 e. The molecular weight excluding hydrogens is 134 g/mol. The minimum atomic E-state index is -0.992. The second-order valence-corrected chi connectivity index (χ2v) is 3.08. The molecule has 10 heavy (non-hydrogen) atoms. The second kappa shape index (κ2) is 1.52. The van der Waals surface area contributed by atoms with Crippen molar-refractivity contribution in [2.75, 3.05) is 0 Å². The molecule has 1 heterocycles. The maximum atomic E-state index is 10.5. The van der Waals surface area contributed by atoms with Gasteiger partial charge in [-0.2, -0.15) is 0 Å². The Morgan fingerprint density at radius 3 is 2.40 bits per heavy atom. The van der Waals surface area contributed by atoms with E-state index in [0.717, 1.165) is 0 Å². The van der Waals surface area contributed by atoms with Gasteiger partial charge in [0, 0.05) is 12.8 Å². The standard InChI is InChI=1S/C6H9NO3/c7-6(5(8)9)1-3-4(2-6)10-3/h3-4H,1-2,7H2,(H,8,9). The van der Waals surface area contributed by atoms with Crippen LogP contribution in [0, 0.1) is 0 Å². The molecule has 3 N–H and O–H groups in total. The SMILES string of the molecule is NC1(C(=O)O)CC2OC2C1. The molecule has 2 rings (SSSR count). The number of nitrogens with two attached hydrogens (primary N) is 1. The third-order valence-corrected chi connectivity index (χ3v) is 2.24. The molecule has 0 spiro atoms. The van der Waals surface area contributed by atoms with Crippen molar-refractivity contribution in [2.24, 2.45) is 5.73 Å². The normalized spacial score (nSPS) is 50.5. The summed E-state index contributed by atoms with van der Waals surface area (Å²) in [6.45, 7) is 0. The monoisotopic (exact) mass is 143 g/mol. The molecule has 2 aliphatic rings. The maximum Gasteiger partial charge on any atom is 0.323 e. The highest BCUT2D eigenvalue weighted by Crippen LogP contribution is 2.43. The van der Waals surface area contributed by atoms with E-state index in [2.05, 4.69) is 0 Å². The van der Waals surface area contributed by atoms with Gasteiger partial charge in [-0.05, 0) is 0 Å². The van der Waals surface area contributed by atoms with Crippen LogP contribution in [0.5, 0.6) is 0 Å². The van der Waals surface area contributed by atoms with Crippen LogP contribution < -0.4 is 5.73 Å². The summed E-state index contributed by atoms with van der Waals surface area (Å²) in [7, 11) is 0. The lowest BCUT2D eigenvalue weighted by Gasteiger charge is -2.18. The van der Waals surface area contributed by atoms with Crippen LogP contribution in [0.2, 0.25) is 0 Å². The van der Waals surface area contributed by atoms with Gasteiger partial charge in [0.1, 0.15) is 5.54 Å². The Morgan fingerprint density at radius 1 is 1.60 bits per heavy atom. The molecule has 0 aromatic heterocycles. The third-order valence-electron chi connectivity index (χ3n) is 2.24. The first kappa shape index (κ1) is 6.12. The van der Waals surface area contributed by atoms with Crippen LogP contribution in [0.1, 0.15) is 12.8 Å². The lowest BCUT2D eigenvalue weighted by atomic mass is 9.99. The molecule has 1 saturated carbocycles. The molecule has 2 fully saturated rings. The molecule has 0 radical (unpaired) electrons. The third kappa shape index (κ3) is 0.660. The van der Waals surface area contributed by atoms with Gasteiger partial charge in [-0.15, -0.1) is 0 Å². The molecule has 0 bridgehead atoms. The molecule has 0 aromatic rings. The number of carbonyl (C=O) groups is 1. The maximum absolute atomic E-state index is 10.5. The number of hydrogen-bond acceptors (Lipinski definition) is 3. The summed E-state index contributed by atoms with van der Waals surface area (Å²) in [5.74, 6) is -0.900. The molecule has 1 aliphatic heterocycles.